The summed E-state index contributed by atoms with van der Waals surface area (Å²) in [5.41, 5.74) is 2.24. The Labute approximate surface area is 161 Å². The second kappa shape index (κ2) is 9.65. The number of allylic oxidation sites excluding steroid dienone is 1. The van der Waals surface area contributed by atoms with E-state index in [1.54, 1.807) is 18.5 Å². The Morgan fingerprint density at radius 1 is 1.37 bits per heavy atom. The molecule has 1 aliphatic carbocycles. The van der Waals surface area contributed by atoms with Crippen LogP contribution in [0.15, 0.2) is 36.2 Å². The quantitative estimate of drug-likeness (QED) is 0.748. The van der Waals surface area contributed by atoms with Gasteiger partial charge in [-0.05, 0) is 50.2 Å². The highest BCUT2D eigenvalue weighted by Crippen LogP contribution is 2.25. The molecule has 6 nitrogen and oxygen atoms in total. The summed E-state index contributed by atoms with van der Waals surface area (Å²) in [4.78, 5) is 31.1. The van der Waals surface area contributed by atoms with Crippen molar-refractivity contribution in [3.8, 4) is 0 Å². The topological polar surface area (TPSA) is 71.5 Å². The summed E-state index contributed by atoms with van der Waals surface area (Å²) >= 11 is 0. The number of nitrogens with zero attached hydrogens (tertiary/aromatic N) is 2. The van der Waals surface area contributed by atoms with Crippen LogP contribution in [0.3, 0.4) is 0 Å². The van der Waals surface area contributed by atoms with E-state index < -0.39 is 12.1 Å². The lowest BCUT2D eigenvalue weighted by Crippen LogP contribution is -2.53. The van der Waals surface area contributed by atoms with E-state index in [4.69, 9.17) is 4.74 Å². The van der Waals surface area contributed by atoms with Crippen LogP contribution in [0.4, 0.5) is 0 Å². The molecular weight excluding hydrogens is 342 g/mol. The van der Waals surface area contributed by atoms with Gasteiger partial charge in [0.1, 0.15) is 6.61 Å². The van der Waals surface area contributed by atoms with Gasteiger partial charge in [0.25, 0.3) is 5.91 Å². The molecule has 0 spiro atoms. The van der Waals surface area contributed by atoms with Crippen LogP contribution in [-0.4, -0.2) is 47.5 Å². The van der Waals surface area contributed by atoms with Gasteiger partial charge in [0.2, 0.25) is 5.91 Å². The third-order valence-electron chi connectivity index (χ3n) is 5.19. The highest BCUT2D eigenvalue weighted by Gasteiger charge is 2.38. The number of pyridine rings is 1. The van der Waals surface area contributed by atoms with E-state index in [0.717, 1.165) is 31.2 Å². The van der Waals surface area contributed by atoms with Gasteiger partial charge in [-0.1, -0.05) is 24.6 Å². The van der Waals surface area contributed by atoms with Crippen LogP contribution in [0.25, 0.3) is 0 Å². The zero-order chi connectivity index (χ0) is 19.1. The SMILES string of the molecule is CCCN(CCC1=CCCCC1)C(=O)[C@H]1OCC(=O)N[C@@H]1c1cccnc1. The molecule has 2 aliphatic rings. The number of amides is 2. The van der Waals surface area contributed by atoms with Crippen LogP contribution in [0.5, 0.6) is 0 Å². The minimum atomic E-state index is -0.709. The van der Waals surface area contributed by atoms with E-state index in [1.165, 1.54) is 18.4 Å². The van der Waals surface area contributed by atoms with E-state index in [-0.39, 0.29) is 18.4 Å². The molecule has 1 fully saturated rings. The smallest absolute Gasteiger partial charge is 0.254 e. The number of ether oxygens (including phenoxy) is 1. The van der Waals surface area contributed by atoms with Gasteiger partial charge in [0, 0.05) is 25.5 Å². The third-order valence-corrected chi connectivity index (χ3v) is 5.19. The highest BCUT2D eigenvalue weighted by atomic mass is 16.5. The first-order valence-electron chi connectivity index (χ1n) is 9.96. The summed E-state index contributed by atoms with van der Waals surface area (Å²) in [6.07, 6.45) is 11.6. The molecule has 0 bridgehead atoms. The van der Waals surface area contributed by atoms with Crippen LogP contribution in [0.2, 0.25) is 0 Å². The highest BCUT2D eigenvalue weighted by molar-refractivity contribution is 5.86. The minimum absolute atomic E-state index is 0.0536. The Hall–Kier alpha value is -2.21. The zero-order valence-corrected chi connectivity index (χ0v) is 16.0. The average Bonchev–Trinajstić information content (AvgIpc) is 2.72. The molecule has 0 radical (unpaired) electrons. The fraction of sp³-hybridized carbons (Fsp3) is 0.571. The Balaban J connectivity index is 1.72. The van der Waals surface area contributed by atoms with Gasteiger partial charge in [0.15, 0.2) is 6.10 Å². The van der Waals surface area contributed by atoms with Crippen molar-refractivity contribution in [3.05, 3.63) is 41.7 Å². The van der Waals surface area contributed by atoms with Gasteiger partial charge in [-0.2, -0.15) is 0 Å². The molecule has 1 saturated heterocycles. The van der Waals surface area contributed by atoms with E-state index in [1.807, 2.05) is 11.0 Å². The molecule has 146 valence electrons. The molecule has 3 rings (SSSR count). The van der Waals surface area contributed by atoms with E-state index in [2.05, 4.69) is 23.3 Å². The van der Waals surface area contributed by atoms with Crippen molar-refractivity contribution in [1.29, 1.82) is 0 Å². The molecule has 2 amide bonds. The number of morpholine rings is 1. The predicted molar refractivity (Wildman–Crippen MR) is 103 cm³/mol. The summed E-state index contributed by atoms with van der Waals surface area (Å²) in [5.74, 6) is -0.260. The first kappa shape index (κ1) is 19.5. The lowest BCUT2D eigenvalue weighted by Gasteiger charge is -2.35. The molecule has 1 aliphatic heterocycles. The fourth-order valence-electron chi connectivity index (χ4n) is 3.78. The second-order valence-electron chi connectivity index (χ2n) is 7.25. The summed E-state index contributed by atoms with van der Waals surface area (Å²) in [7, 11) is 0. The number of nitrogens with one attached hydrogen (secondary N) is 1. The number of hydrogen-bond acceptors (Lipinski definition) is 4. The van der Waals surface area contributed by atoms with Crippen molar-refractivity contribution < 1.29 is 14.3 Å². The van der Waals surface area contributed by atoms with Crippen molar-refractivity contribution in [2.24, 2.45) is 0 Å². The average molecular weight is 371 g/mol. The Morgan fingerprint density at radius 3 is 2.96 bits per heavy atom. The molecule has 0 unspecified atom stereocenters. The monoisotopic (exact) mass is 371 g/mol. The molecule has 2 heterocycles. The first-order valence-corrected chi connectivity index (χ1v) is 9.96. The molecule has 2 atom stereocenters. The number of carbonyl (C=O) groups excluding carboxylic acids is 2. The minimum Gasteiger partial charge on any atom is -0.356 e. The van der Waals surface area contributed by atoms with Crippen LogP contribution in [0, 0.1) is 0 Å². The third kappa shape index (κ3) is 5.16. The number of carbonyl (C=O) groups is 2. The van der Waals surface area contributed by atoms with Crippen LogP contribution in [0.1, 0.15) is 57.1 Å². The molecule has 0 aromatic carbocycles. The van der Waals surface area contributed by atoms with Crippen molar-refractivity contribution in [1.82, 2.24) is 15.2 Å². The summed E-state index contributed by atoms with van der Waals surface area (Å²) in [6, 6.07) is 3.17. The largest absolute Gasteiger partial charge is 0.356 e. The van der Waals surface area contributed by atoms with Gasteiger partial charge in [-0.25, -0.2) is 0 Å². The standard InChI is InChI=1S/C21H29N3O3/c1-2-12-24(13-10-16-7-4-3-5-8-16)21(26)20-19(23-18(25)15-27-20)17-9-6-11-22-14-17/h6-7,9,11,14,19-20H,2-5,8,10,12-13,15H2,1H3,(H,23,25)/t19-,20+/m1/s1. The van der Waals surface area contributed by atoms with Crippen LogP contribution >= 0.6 is 0 Å². The van der Waals surface area contributed by atoms with Crippen LogP contribution < -0.4 is 5.32 Å². The van der Waals surface area contributed by atoms with E-state index in [0.29, 0.717) is 13.1 Å². The molecule has 0 saturated carbocycles. The normalized spacial score (nSPS) is 22.7. The lowest BCUT2D eigenvalue weighted by molar-refractivity contribution is -0.155. The van der Waals surface area contributed by atoms with Crippen molar-refractivity contribution in [2.45, 2.75) is 57.6 Å². The molecule has 1 aromatic heterocycles. The summed E-state index contributed by atoms with van der Waals surface area (Å²) < 4.78 is 5.69. The number of aromatic nitrogens is 1. The Bertz CT molecular complexity index is 675. The zero-order valence-electron chi connectivity index (χ0n) is 16.0. The van der Waals surface area contributed by atoms with Gasteiger partial charge < -0.3 is 15.0 Å². The summed E-state index contributed by atoms with van der Waals surface area (Å²) in [5, 5.41) is 2.90. The maximum absolute atomic E-state index is 13.3. The molecule has 1 N–H and O–H groups in total. The van der Waals surface area contributed by atoms with Gasteiger partial charge >= 0.3 is 0 Å². The Morgan fingerprint density at radius 2 is 2.26 bits per heavy atom. The Kier molecular flexibility index (Phi) is 6.98. The van der Waals surface area contributed by atoms with Crippen LogP contribution in [-0.2, 0) is 14.3 Å². The number of hydrogen-bond donors (Lipinski definition) is 1. The van der Waals surface area contributed by atoms with Crippen molar-refractivity contribution >= 4 is 11.8 Å². The molecular formula is C21H29N3O3. The first-order chi connectivity index (χ1) is 13.2. The number of rotatable bonds is 7. The molecule has 6 heteroatoms. The van der Waals surface area contributed by atoms with E-state index >= 15 is 0 Å². The molecule has 27 heavy (non-hydrogen) atoms. The van der Waals surface area contributed by atoms with Gasteiger partial charge in [0.05, 0.1) is 6.04 Å². The molecule has 1 aromatic rings. The van der Waals surface area contributed by atoms with Crippen molar-refractivity contribution in [2.75, 3.05) is 19.7 Å². The second-order valence-corrected chi connectivity index (χ2v) is 7.25. The fourth-order valence-corrected chi connectivity index (χ4v) is 3.78. The van der Waals surface area contributed by atoms with E-state index in [9.17, 15) is 9.59 Å². The lowest BCUT2D eigenvalue weighted by atomic mass is 9.96. The van der Waals surface area contributed by atoms with Gasteiger partial charge in [-0.3, -0.25) is 14.6 Å². The summed E-state index contributed by atoms with van der Waals surface area (Å²) in [6.45, 7) is 3.38. The van der Waals surface area contributed by atoms with Crippen molar-refractivity contribution in [3.63, 3.8) is 0 Å². The van der Waals surface area contributed by atoms with Gasteiger partial charge in [-0.15, -0.1) is 0 Å². The predicted octanol–water partition coefficient (Wildman–Crippen LogP) is 2.77. The maximum atomic E-state index is 13.3. The maximum Gasteiger partial charge on any atom is 0.254 e.